The zero-order chi connectivity index (χ0) is 15.3. The van der Waals surface area contributed by atoms with E-state index < -0.39 is 15.1 Å². The van der Waals surface area contributed by atoms with Gasteiger partial charge >= 0.3 is 0 Å². The number of aryl methyl sites for hydroxylation is 1. The summed E-state index contributed by atoms with van der Waals surface area (Å²) in [6, 6.07) is -0.531. The van der Waals surface area contributed by atoms with Gasteiger partial charge in [0.05, 0.1) is 0 Å². The van der Waals surface area contributed by atoms with Crippen LogP contribution in [-0.2, 0) is 13.8 Å². The average molecular weight is 322 g/mol. The molecule has 0 spiro atoms. The first kappa shape index (κ1) is 17.0. The van der Waals surface area contributed by atoms with Crippen LogP contribution < -0.4 is 5.32 Å². The molecule has 114 valence electrons. The molecule has 1 N–H and O–H groups in total. The number of hydrogen-bond donors (Lipinski definition) is 1. The number of halogens is 1. The highest BCUT2D eigenvalue weighted by atomic mass is 35.7. The molecule has 1 unspecified atom stereocenters. The summed E-state index contributed by atoms with van der Waals surface area (Å²) in [6.07, 6.45) is 4.36. The molecule has 0 bridgehead atoms. The number of hydrogen-bond acceptors (Lipinski definition) is 4. The Labute approximate surface area is 123 Å². The fourth-order valence-electron chi connectivity index (χ4n) is 1.83. The van der Waals surface area contributed by atoms with E-state index in [0.717, 1.165) is 19.3 Å². The molecule has 0 saturated carbocycles. The molecule has 1 heterocycles. The van der Waals surface area contributed by atoms with Gasteiger partial charge in [0.1, 0.15) is 11.9 Å². The molecule has 1 atom stereocenters. The SMILES string of the molecule is CCCCCNC(=O)C(C)n1cc(S(=O)(=O)Cl)nc1C. The number of nitrogens with zero attached hydrogens (tertiary/aromatic N) is 2. The molecule has 0 saturated heterocycles. The van der Waals surface area contributed by atoms with E-state index in [1.165, 1.54) is 10.8 Å². The Kier molecular flexibility index (Phi) is 6.01. The van der Waals surface area contributed by atoms with Crippen LogP contribution in [0.15, 0.2) is 11.2 Å². The van der Waals surface area contributed by atoms with E-state index in [1.54, 1.807) is 13.8 Å². The van der Waals surface area contributed by atoms with E-state index in [4.69, 9.17) is 10.7 Å². The van der Waals surface area contributed by atoms with Crippen molar-refractivity contribution < 1.29 is 13.2 Å². The summed E-state index contributed by atoms with van der Waals surface area (Å²) in [5.74, 6) is 0.264. The summed E-state index contributed by atoms with van der Waals surface area (Å²) in [6.45, 7) is 6.03. The number of aromatic nitrogens is 2. The first-order valence-corrected chi connectivity index (χ1v) is 8.86. The van der Waals surface area contributed by atoms with Gasteiger partial charge in [0, 0.05) is 23.4 Å². The highest BCUT2D eigenvalue weighted by molar-refractivity contribution is 8.13. The number of unbranched alkanes of at least 4 members (excludes halogenated alkanes) is 2. The molecular formula is C12H20ClN3O3S. The molecule has 1 aromatic rings. The first-order valence-electron chi connectivity index (χ1n) is 6.55. The number of carbonyl (C=O) groups excluding carboxylic acids is 1. The van der Waals surface area contributed by atoms with Gasteiger partial charge in [-0.15, -0.1) is 0 Å². The van der Waals surface area contributed by atoms with Crippen LogP contribution in [-0.4, -0.2) is 30.4 Å². The van der Waals surface area contributed by atoms with Crippen molar-refractivity contribution in [3.63, 3.8) is 0 Å². The molecule has 8 heteroatoms. The molecule has 1 aromatic heterocycles. The summed E-state index contributed by atoms with van der Waals surface area (Å²) < 4.78 is 24.0. The van der Waals surface area contributed by atoms with Crippen molar-refractivity contribution in [2.75, 3.05) is 6.54 Å². The number of amides is 1. The predicted octanol–water partition coefficient (Wildman–Crippen LogP) is 1.99. The van der Waals surface area contributed by atoms with Crippen molar-refractivity contribution >= 4 is 25.6 Å². The van der Waals surface area contributed by atoms with Crippen molar-refractivity contribution in [2.24, 2.45) is 0 Å². The molecular weight excluding hydrogens is 302 g/mol. The third-order valence-corrected chi connectivity index (χ3v) is 4.19. The average Bonchev–Trinajstić information content (AvgIpc) is 2.75. The Balaban J connectivity index is 2.74. The molecule has 0 aromatic carbocycles. The van der Waals surface area contributed by atoms with E-state index in [9.17, 15) is 13.2 Å². The lowest BCUT2D eigenvalue weighted by Crippen LogP contribution is -2.31. The van der Waals surface area contributed by atoms with Crippen molar-refractivity contribution in [2.45, 2.75) is 51.1 Å². The van der Waals surface area contributed by atoms with E-state index in [1.807, 2.05) is 0 Å². The minimum Gasteiger partial charge on any atom is -0.354 e. The van der Waals surface area contributed by atoms with Crippen LogP contribution in [0.4, 0.5) is 0 Å². The van der Waals surface area contributed by atoms with Gasteiger partial charge in [-0.1, -0.05) is 19.8 Å². The molecule has 0 aliphatic rings. The van der Waals surface area contributed by atoms with Gasteiger partial charge in [-0.3, -0.25) is 4.79 Å². The van der Waals surface area contributed by atoms with Crippen LogP contribution in [0.5, 0.6) is 0 Å². The van der Waals surface area contributed by atoms with Crippen molar-refractivity contribution in [3.8, 4) is 0 Å². The van der Waals surface area contributed by atoms with Gasteiger partial charge in [0.2, 0.25) is 5.91 Å². The number of nitrogens with one attached hydrogen (secondary N) is 1. The minimum absolute atomic E-state index is 0.167. The highest BCUT2D eigenvalue weighted by Gasteiger charge is 2.21. The Morgan fingerprint density at radius 1 is 1.50 bits per heavy atom. The Hall–Kier alpha value is -1.08. The van der Waals surface area contributed by atoms with Crippen LogP contribution in [0, 0.1) is 6.92 Å². The monoisotopic (exact) mass is 321 g/mol. The maximum Gasteiger partial charge on any atom is 0.280 e. The lowest BCUT2D eigenvalue weighted by Gasteiger charge is -2.14. The number of rotatable bonds is 7. The third-order valence-electron chi connectivity index (χ3n) is 3.02. The molecule has 20 heavy (non-hydrogen) atoms. The van der Waals surface area contributed by atoms with Crippen molar-refractivity contribution in [1.82, 2.24) is 14.9 Å². The molecule has 1 rings (SSSR count). The van der Waals surface area contributed by atoms with E-state index in [2.05, 4.69) is 17.2 Å². The van der Waals surface area contributed by atoms with Crippen molar-refractivity contribution in [1.29, 1.82) is 0 Å². The standard InChI is InChI=1S/C12H20ClN3O3S/c1-4-5-6-7-14-12(17)9(2)16-8-11(15-10(16)3)20(13,18)19/h8-9H,4-7H2,1-3H3,(H,14,17). The highest BCUT2D eigenvalue weighted by Crippen LogP contribution is 2.18. The van der Waals surface area contributed by atoms with Gasteiger partial charge in [-0.2, -0.15) is 0 Å². The third kappa shape index (κ3) is 4.49. The summed E-state index contributed by atoms with van der Waals surface area (Å²) in [4.78, 5) is 15.8. The Morgan fingerprint density at radius 2 is 2.15 bits per heavy atom. The second-order valence-electron chi connectivity index (χ2n) is 4.65. The normalized spacial score (nSPS) is 13.2. The molecule has 6 nitrogen and oxygen atoms in total. The summed E-state index contributed by atoms with van der Waals surface area (Å²) in [7, 11) is 1.36. The maximum absolute atomic E-state index is 12.0. The zero-order valence-electron chi connectivity index (χ0n) is 11.9. The maximum atomic E-state index is 12.0. The lowest BCUT2D eigenvalue weighted by molar-refractivity contribution is -0.123. The second-order valence-corrected chi connectivity index (χ2v) is 7.16. The first-order chi connectivity index (χ1) is 9.27. The summed E-state index contributed by atoms with van der Waals surface area (Å²) in [5.41, 5.74) is 0. The lowest BCUT2D eigenvalue weighted by atomic mass is 10.2. The van der Waals surface area contributed by atoms with Crippen LogP contribution in [0.1, 0.15) is 45.0 Å². The van der Waals surface area contributed by atoms with Crippen LogP contribution in [0.3, 0.4) is 0 Å². The second kappa shape index (κ2) is 7.08. The fourth-order valence-corrected chi connectivity index (χ4v) is 2.53. The van der Waals surface area contributed by atoms with E-state index in [0.29, 0.717) is 12.4 Å². The number of imidazole rings is 1. The summed E-state index contributed by atoms with van der Waals surface area (Å²) in [5, 5.41) is 2.59. The quantitative estimate of drug-likeness (QED) is 0.615. The fraction of sp³-hybridized carbons (Fsp3) is 0.667. The van der Waals surface area contributed by atoms with Gasteiger partial charge in [-0.25, -0.2) is 13.4 Å². The molecule has 0 radical (unpaired) electrons. The summed E-state index contributed by atoms with van der Waals surface area (Å²) >= 11 is 0. The predicted molar refractivity (Wildman–Crippen MR) is 77.2 cm³/mol. The molecule has 1 amide bonds. The zero-order valence-corrected chi connectivity index (χ0v) is 13.5. The van der Waals surface area contributed by atoms with Crippen LogP contribution in [0.25, 0.3) is 0 Å². The van der Waals surface area contributed by atoms with Gasteiger partial charge in [0.25, 0.3) is 9.05 Å². The number of carbonyl (C=O) groups is 1. The molecule has 0 aliphatic heterocycles. The van der Waals surface area contributed by atoms with Crippen LogP contribution >= 0.6 is 10.7 Å². The van der Waals surface area contributed by atoms with E-state index in [-0.39, 0.29) is 10.9 Å². The smallest absolute Gasteiger partial charge is 0.280 e. The Morgan fingerprint density at radius 3 is 2.65 bits per heavy atom. The topological polar surface area (TPSA) is 81.1 Å². The molecule has 0 fully saturated rings. The molecule has 0 aliphatic carbocycles. The minimum atomic E-state index is -3.88. The van der Waals surface area contributed by atoms with Gasteiger partial charge in [0.15, 0.2) is 5.03 Å². The van der Waals surface area contributed by atoms with E-state index >= 15 is 0 Å². The van der Waals surface area contributed by atoms with Gasteiger partial charge < -0.3 is 9.88 Å². The largest absolute Gasteiger partial charge is 0.354 e. The van der Waals surface area contributed by atoms with Crippen LogP contribution in [0.2, 0.25) is 0 Å². The van der Waals surface area contributed by atoms with Gasteiger partial charge in [-0.05, 0) is 20.3 Å². The van der Waals surface area contributed by atoms with Crippen molar-refractivity contribution in [3.05, 3.63) is 12.0 Å². The Bertz CT molecular complexity index is 569.